The van der Waals surface area contributed by atoms with Crippen molar-refractivity contribution in [3.05, 3.63) is 15.6 Å². The molecule has 0 unspecified atom stereocenters. The van der Waals surface area contributed by atoms with E-state index < -0.39 is 0 Å². The van der Waals surface area contributed by atoms with Gasteiger partial charge in [0.25, 0.3) is 0 Å². The van der Waals surface area contributed by atoms with E-state index in [1.165, 1.54) is 22.7 Å². The predicted octanol–water partition coefficient (Wildman–Crippen LogP) is 3.69. The number of hydrogen-bond donors (Lipinski definition) is 0. The molecule has 0 aliphatic carbocycles. The van der Waals surface area contributed by atoms with Crippen molar-refractivity contribution in [2.24, 2.45) is 0 Å². The second kappa shape index (κ2) is 5.94. The molecule has 2 heterocycles. The monoisotopic (exact) mass is 294 g/mol. The Hall–Kier alpha value is -0.740. The average molecular weight is 294 g/mol. The van der Waals surface area contributed by atoms with Crippen molar-refractivity contribution in [3.8, 4) is 0 Å². The molecule has 1 atom stereocenters. The molecule has 4 heteroatoms. The summed E-state index contributed by atoms with van der Waals surface area (Å²) < 4.78 is 0. The van der Waals surface area contributed by atoms with Crippen LogP contribution in [0.5, 0.6) is 0 Å². The molecule has 1 fully saturated rings. The van der Waals surface area contributed by atoms with Gasteiger partial charge in [0.15, 0.2) is 0 Å². The zero-order valence-corrected chi connectivity index (χ0v) is 14.1. The van der Waals surface area contributed by atoms with Gasteiger partial charge in [-0.25, -0.2) is 4.98 Å². The third-order valence-electron chi connectivity index (χ3n) is 3.96. The standard InChI is InChI=1S/C16H26N2OS/c1-11-14(20-15(17-11)16(3,4)5)10-18-9-7-6-8-13(18)12(2)19/h13H,6-10H2,1-5H3/t13-/m0/s1. The van der Waals surface area contributed by atoms with Crippen LogP contribution in [0.4, 0.5) is 0 Å². The molecular formula is C16H26N2OS. The van der Waals surface area contributed by atoms with Gasteiger partial charge in [0.2, 0.25) is 0 Å². The highest BCUT2D eigenvalue weighted by atomic mass is 32.1. The molecule has 1 aliphatic heterocycles. The van der Waals surface area contributed by atoms with E-state index in [4.69, 9.17) is 4.98 Å². The van der Waals surface area contributed by atoms with Crippen LogP contribution < -0.4 is 0 Å². The van der Waals surface area contributed by atoms with Gasteiger partial charge in [-0.3, -0.25) is 9.69 Å². The lowest BCUT2D eigenvalue weighted by Gasteiger charge is -2.33. The molecule has 3 nitrogen and oxygen atoms in total. The Morgan fingerprint density at radius 3 is 2.65 bits per heavy atom. The minimum atomic E-state index is 0.107. The third-order valence-corrected chi connectivity index (χ3v) is 5.53. The number of carbonyl (C=O) groups excluding carboxylic acids is 1. The first-order chi connectivity index (χ1) is 9.29. The molecule has 0 saturated carbocycles. The number of carbonyl (C=O) groups is 1. The molecule has 1 aromatic heterocycles. The van der Waals surface area contributed by atoms with E-state index in [0.29, 0.717) is 5.78 Å². The van der Waals surface area contributed by atoms with Gasteiger partial charge in [-0.15, -0.1) is 11.3 Å². The molecule has 20 heavy (non-hydrogen) atoms. The van der Waals surface area contributed by atoms with Gasteiger partial charge in [-0.1, -0.05) is 27.2 Å². The quantitative estimate of drug-likeness (QED) is 0.852. The lowest BCUT2D eigenvalue weighted by Crippen LogP contribution is -2.43. The van der Waals surface area contributed by atoms with E-state index in [1.807, 2.05) is 11.3 Å². The van der Waals surface area contributed by atoms with Crippen molar-refractivity contribution in [1.82, 2.24) is 9.88 Å². The minimum Gasteiger partial charge on any atom is -0.298 e. The summed E-state index contributed by atoms with van der Waals surface area (Å²) in [6.45, 7) is 12.3. The van der Waals surface area contributed by atoms with E-state index in [9.17, 15) is 4.79 Å². The van der Waals surface area contributed by atoms with Crippen LogP contribution in [0.2, 0.25) is 0 Å². The van der Waals surface area contributed by atoms with Crippen molar-refractivity contribution in [3.63, 3.8) is 0 Å². The molecule has 0 bridgehead atoms. The summed E-state index contributed by atoms with van der Waals surface area (Å²) in [6.07, 6.45) is 3.39. The van der Waals surface area contributed by atoms with Crippen LogP contribution >= 0.6 is 11.3 Å². The molecular weight excluding hydrogens is 268 g/mol. The first-order valence-electron chi connectivity index (χ1n) is 7.50. The summed E-state index contributed by atoms with van der Waals surface area (Å²) >= 11 is 1.81. The highest BCUT2D eigenvalue weighted by Gasteiger charge is 2.28. The molecule has 1 aromatic rings. The maximum atomic E-state index is 11.8. The smallest absolute Gasteiger partial charge is 0.146 e. The van der Waals surface area contributed by atoms with Crippen molar-refractivity contribution in [2.75, 3.05) is 6.54 Å². The number of nitrogens with zero attached hydrogens (tertiary/aromatic N) is 2. The van der Waals surface area contributed by atoms with E-state index in [2.05, 4.69) is 32.6 Å². The number of ketones is 1. The molecule has 0 N–H and O–H groups in total. The number of Topliss-reactive ketones (excluding diaryl/α,β-unsaturated/α-hetero) is 1. The summed E-state index contributed by atoms with van der Waals surface area (Å²) in [4.78, 5) is 20.2. The number of thiazole rings is 1. The average Bonchev–Trinajstić information content (AvgIpc) is 2.71. The maximum absolute atomic E-state index is 11.8. The van der Waals surface area contributed by atoms with E-state index in [1.54, 1.807) is 6.92 Å². The Labute approximate surface area is 126 Å². The maximum Gasteiger partial charge on any atom is 0.146 e. The fourth-order valence-electron chi connectivity index (χ4n) is 2.72. The van der Waals surface area contributed by atoms with E-state index >= 15 is 0 Å². The number of aromatic nitrogens is 1. The number of piperidine rings is 1. The van der Waals surface area contributed by atoms with Crippen LogP contribution in [0.15, 0.2) is 0 Å². The minimum absolute atomic E-state index is 0.107. The molecule has 112 valence electrons. The molecule has 1 aliphatic rings. The van der Waals surface area contributed by atoms with Gasteiger partial charge in [0, 0.05) is 16.8 Å². The highest BCUT2D eigenvalue weighted by Crippen LogP contribution is 2.31. The van der Waals surface area contributed by atoms with Gasteiger partial charge < -0.3 is 0 Å². The lowest BCUT2D eigenvalue weighted by molar-refractivity contribution is -0.123. The van der Waals surface area contributed by atoms with Gasteiger partial charge in [-0.2, -0.15) is 0 Å². The SMILES string of the molecule is CC(=O)[C@@H]1CCCCN1Cc1sc(C(C)(C)C)nc1C. The van der Waals surface area contributed by atoms with Gasteiger partial charge in [0.1, 0.15) is 5.78 Å². The Balaban J connectivity index is 2.16. The van der Waals surface area contributed by atoms with Gasteiger partial charge in [-0.05, 0) is 33.2 Å². The van der Waals surface area contributed by atoms with Crippen molar-refractivity contribution >= 4 is 17.1 Å². The first kappa shape index (κ1) is 15.6. The fraction of sp³-hybridized carbons (Fsp3) is 0.750. The topological polar surface area (TPSA) is 33.2 Å². The van der Waals surface area contributed by atoms with Crippen molar-refractivity contribution in [2.45, 2.75) is 71.9 Å². The van der Waals surface area contributed by atoms with Crippen LogP contribution in [-0.2, 0) is 16.8 Å². The normalized spacial score (nSPS) is 21.1. The largest absolute Gasteiger partial charge is 0.298 e. The summed E-state index contributed by atoms with van der Waals surface area (Å²) in [5, 5.41) is 1.20. The molecule has 1 saturated heterocycles. The zero-order valence-electron chi connectivity index (χ0n) is 13.3. The van der Waals surface area contributed by atoms with Crippen molar-refractivity contribution < 1.29 is 4.79 Å². The van der Waals surface area contributed by atoms with Crippen LogP contribution in [0, 0.1) is 6.92 Å². The van der Waals surface area contributed by atoms with Crippen molar-refractivity contribution in [1.29, 1.82) is 0 Å². The number of aryl methyl sites for hydroxylation is 1. The lowest BCUT2D eigenvalue weighted by atomic mass is 9.98. The summed E-state index contributed by atoms with van der Waals surface area (Å²) in [6, 6.07) is 0.114. The first-order valence-corrected chi connectivity index (χ1v) is 8.32. The number of hydrogen-bond acceptors (Lipinski definition) is 4. The second-order valence-electron chi connectivity index (χ2n) is 6.87. The Morgan fingerprint density at radius 1 is 1.40 bits per heavy atom. The molecule has 0 radical (unpaired) electrons. The highest BCUT2D eigenvalue weighted by molar-refractivity contribution is 7.11. The third kappa shape index (κ3) is 3.47. The number of rotatable bonds is 3. The Kier molecular flexibility index (Phi) is 4.65. The summed E-state index contributed by atoms with van der Waals surface area (Å²) in [5.74, 6) is 0.308. The fourth-order valence-corrected chi connectivity index (χ4v) is 3.87. The van der Waals surface area contributed by atoms with Crippen LogP contribution in [0.25, 0.3) is 0 Å². The molecule has 0 amide bonds. The van der Waals surface area contributed by atoms with Crippen LogP contribution in [0.1, 0.15) is 62.5 Å². The Bertz CT molecular complexity index is 487. The van der Waals surface area contributed by atoms with E-state index in [0.717, 1.165) is 25.2 Å². The summed E-state index contributed by atoms with van der Waals surface area (Å²) in [7, 11) is 0. The Morgan fingerprint density at radius 2 is 2.10 bits per heavy atom. The van der Waals surface area contributed by atoms with Gasteiger partial charge in [0.05, 0.1) is 16.7 Å². The van der Waals surface area contributed by atoms with E-state index in [-0.39, 0.29) is 11.5 Å². The molecule has 0 aromatic carbocycles. The van der Waals surface area contributed by atoms with Crippen LogP contribution in [-0.4, -0.2) is 28.3 Å². The predicted molar refractivity (Wildman–Crippen MR) is 84.3 cm³/mol. The molecule has 2 rings (SSSR count). The molecule has 0 spiro atoms. The summed E-state index contributed by atoms with van der Waals surface area (Å²) in [5.41, 5.74) is 1.24. The second-order valence-corrected chi connectivity index (χ2v) is 7.95. The zero-order chi connectivity index (χ0) is 14.9. The number of likely N-dealkylation sites (tertiary alicyclic amines) is 1. The van der Waals surface area contributed by atoms with Gasteiger partial charge >= 0.3 is 0 Å². The van der Waals surface area contributed by atoms with Crippen LogP contribution in [0.3, 0.4) is 0 Å².